The number of amides is 3. The summed E-state index contributed by atoms with van der Waals surface area (Å²) in [6, 6.07) is 10.6. The van der Waals surface area contributed by atoms with Crippen LogP contribution in [0.25, 0.3) is 16.8 Å². The summed E-state index contributed by atoms with van der Waals surface area (Å²) in [5, 5.41) is 6.39. The van der Waals surface area contributed by atoms with Gasteiger partial charge in [0.1, 0.15) is 5.82 Å². The van der Waals surface area contributed by atoms with Crippen LogP contribution < -0.4 is 16.8 Å². The van der Waals surface area contributed by atoms with Crippen LogP contribution in [0.3, 0.4) is 0 Å². The molecule has 9 heteroatoms. The van der Waals surface area contributed by atoms with Crippen molar-refractivity contribution < 1.29 is 14.0 Å². The number of anilines is 1. The van der Waals surface area contributed by atoms with E-state index in [9.17, 15) is 14.0 Å². The van der Waals surface area contributed by atoms with Gasteiger partial charge in [0, 0.05) is 0 Å². The Morgan fingerprint density at radius 1 is 1.08 bits per heavy atom. The van der Waals surface area contributed by atoms with Crippen molar-refractivity contribution >= 4 is 29.2 Å². The average molecular weight is 374 g/mol. The molecule has 0 saturated heterocycles. The van der Waals surface area contributed by atoms with Crippen molar-refractivity contribution in [2.75, 3.05) is 5.32 Å². The molecule has 1 heterocycles. The third kappa shape index (κ3) is 3.50. The molecule has 132 valence electrons. The maximum atomic E-state index is 13.3. The maximum absolute atomic E-state index is 13.3. The van der Waals surface area contributed by atoms with E-state index in [1.807, 2.05) is 0 Å². The summed E-state index contributed by atoms with van der Waals surface area (Å²) in [6.45, 7) is 0. The van der Waals surface area contributed by atoms with Crippen LogP contribution in [0.4, 0.5) is 14.9 Å². The van der Waals surface area contributed by atoms with E-state index < -0.39 is 17.8 Å². The van der Waals surface area contributed by atoms with Crippen LogP contribution in [-0.2, 0) is 0 Å². The zero-order chi connectivity index (χ0) is 18.8. The first-order valence-electron chi connectivity index (χ1n) is 7.37. The third-order valence-corrected chi connectivity index (χ3v) is 3.88. The van der Waals surface area contributed by atoms with Gasteiger partial charge in [0.2, 0.25) is 0 Å². The summed E-state index contributed by atoms with van der Waals surface area (Å²) in [7, 11) is 0. The van der Waals surface area contributed by atoms with Crippen LogP contribution in [0.5, 0.6) is 0 Å². The van der Waals surface area contributed by atoms with Gasteiger partial charge < -0.3 is 16.8 Å². The Labute approximate surface area is 152 Å². The van der Waals surface area contributed by atoms with E-state index in [2.05, 4.69) is 10.4 Å². The van der Waals surface area contributed by atoms with Crippen LogP contribution >= 0.6 is 11.6 Å². The van der Waals surface area contributed by atoms with Gasteiger partial charge in [-0.2, -0.15) is 5.10 Å². The lowest BCUT2D eigenvalue weighted by molar-refractivity contribution is 0.0996. The molecule has 26 heavy (non-hydrogen) atoms. The van der Waals surface area contributed by atoms with Crippen LogP contribution in [0.15, 0.2) is 48.7 Å². The van der Waals surface area contributed by atoms with Crippen molar-refractivity contribution in [3.05, 3.63) is 65.2 Å². The number of carbonyl (C=O) groups excluding carboxylic acids is 2. The van der Waals surface area contributed by atoms with Crippen molar-refractivity contribution in [2.45, 2.75) is 0 Å². The highest BCUT2D eigenvalue weighted by atomic mass is 35.5. The van der Waals surface area contributed by atoms with Crippen LogP contribution in [0, 0.1) is 5.82 Å². The van der Waals surface area contributed by atoms with Gasteiger partial charge in [0.25, 0.3) is 5.91 Å². The Morgan fingerprint density at radius 2 is 1.73 bits per heavy atom. The van der Waals surface area contributed by atoms with Crippen molar-refractivity contribution in [2.24, 2.45) is 11.5 Å². The Balaban J connectivity index is 1.94. The predicted octanol–water partition coefficient (Wildman–Crippen LogP) is 2.92. The van der Waals surface area contributed by atoms with E-state index in [1.54, 1.807) is 30.3 Å². The highest BCUT2D eigenvalue weighted by Gasteiger charge is 2.16. The second kappa shape index (κ2) is 6.85. The number of hydrogen-bond acceptors (Lipinski definition) is 3. The van der Waals surface area contributed by atoms with Gasteiger partial charge in [-0.05, 0) is 35.4 Å². The summed E-state index contributed by atoms with van der Waals surface area (Å²) >= 11 is 5.80. The van der Waals surface area contributed by atoms with Crippen LogP contribution in [-0.4, -0.2) is 21.7 Å². The minimum absolute atomic E-state index is 0.0342. The molecule has 0 spiro atoms. The molecule has 0 saturated carbocycles. The average Bonchev–Trinajstić information content (AvgIpc) is 3.01. The molecule has 0 fully saturated rings. The lowest BCUT2D eigenvalue weighted by Crippen LogP contribution is -2.22. The molecule has 1 aromatic heterocycles. The summed E-state index contributed by atoms with van der Waals surface area (Å²) in [5.41, 5.74) is 12.5. The molecule has 7 nitrogen and oxygen atoms in total. The van der Waals surface area contributed by atoms with Crippen LogP contribution in [0.1, 0.15) is 10.5 Å². The third-order valence-electron chi connectivity index (χ3n) is 3.59. The summed E-state index contributed by atoms with van der Waals surface area (Å²) in [5.74, 6) is -1.29. The Morgan fingerprint density at radius 3 is 2.31 bits per heavy atom. The summed E-state index contributed by atoms with van der Waals surface area (Å²) < 4.78 is 14.7. The first-order valence-corrected chi connectivity index (χ1v) is 7.75. The minimum atomic E-state index is -0.837. The fourth-order valence-electron chi connectivity index (χ4n) is 2.39. The van der Waals surface area contributed by atoms with E-state index >= 15 is 0 Å². The molecule has 0 aliphatic rings. The highest BCUT2D eigenvalue weighted by molar-refractivity contribution is 6.31. The quantitative estimate of drug-likeness (QED) is 0.652. The number of nitrogens with zero attached hydrogens (tertiary/aromatic N) is 2. The molecule has 0 aliphatic heterocycles. The lowest BCUT2D eigenvalue weighted by atomic mass is 10.1. The van der Waals surface area contributed by atoms with Crippen LogP contribution in [0.2, 0.25) is 5.02 Å². The number of rotatable bonds is 4. The topological polar surface area (TPSA) is 116 Å². The number of primary amides is 2. The second-order valence-electron chi connectivity index (χ2n) is 5.37. The molecule has 0 unspecified atom stereocenters. The van der Waals surface area contributed by atoms with Gasteiger partial charge in [-0.15, -0.1) is 0 Å². The molecule has 0 bridgehead atoms. The molecule has 0 radical (unpaired) electrons. The van der Waals surface area contributed by atoms with Gasteiger partial charge >= 0.3 is 6.03 Å². The van der Waals surface area contributed by atoms with E-state index in [4.69, 9.17) is 23.1 Å². The number of hydrogen-bond donors (Lipinski definition) is 3. The SMILES string of the molecule is NC(=O)Nc1cn(-c2ccc(-c3ccc(F)c(Cl)c3)cc2)nc1C(N)=O. The molecule has 0 atom stereocenters. The highest BCUT2D eigenvalue weighted by Crippen LogP contribution is 2.26. The molecule has 3 amide bonds. The Bertz CT molecular complexity index is 1000. The van der Waals surface area contributed by atoms with E-state index in [1.165, 1.54) is 23.0 Å². The largest absolute Gasteiger partial charge is 0.364 e. The van der Waals surface area contributed by atoms with Gasteiger partial charge in [-0.25, -0.2) is 13.9 Å². The number of urea groups is 1. The Hall–Kier alpha value is -3.39. The predicted molar refractivity (Wildman–Crippen MR) is 95.7 cm³/mol. The molecule has 2 aromatic carbocycles. The van der Waals surface area contributed by atoms with E-state index in [0.717, 1.165) is 11.1 Å². The van der Waals surface area contributed by atoms with E-state index in [0.29, 0.717) is 5.69 Å². The number of benzene rings is 2. The minimum Gasteiger partial charge on any atom is -0.364 e. The molecular formula is C17H13ClFN5O2. The first-order chi connectivity index (χ1) is 12.3. The number of aromatic nitrogens is 2. The summed E-state index contributed by atoms with van der Waals surface area (Å²) in [4.78, 5) is 22.5. The zero-order valence-corrected chi connectivity index (χ0v) is 14.0. The second-order valence-corrected chi connectivity index (χ2v) is 5.77. The van der Waals surface area contributed by atoms with Gasteiger partial charge in [0.15, 0.2) is 5.69 Å². The smallest absolute Gasteiger partial charge is 0.316 e. The first kappa shape index (κ1) is 17.4. The fraction of sp³-hybridized carbons (Fsp3) is 0. The number of nitrogens with two attached hydrogens (primary N) is 2. The molecular weight excluding hydrogens is 361 g/mol. The molecule has 0 aliphatic carbocycles. The Kier molecular flexibility index (Phi) is 4.59. The summed E-state index contributed by atoms with van der Waals surface area (Å²) in [6.07, 6.45) is 1.43. The number of nitrogens with one attached hydrogen (secondary N) is 1. The van der Waals surface area contributed by atoms with Crippen molar-refractivity contribution in [1.29, 1.82) is 0 Å². The molecule has 3 aromatic rings. The zero-order valence-electron chi connectivity index (χ0n) is 13.2. The van der Waals surface area contributed by atoms with Crippen molar-refractivity contribution in [1.82, 2.24) is 9.78 Å². The molecule has 3 rings (SSSR count). The van der Waals surface area contributed by atoms with E-state index in [-0.39, 0.29) is 16.4 Å². The number of halogens is 2. The maximum Gasteiger partial charge on any atom is 0.316 e. The fourth-order valence-corrected chi connectivity index (χ4v) is 2.58. The van der Waals surface area contributed by atoms with Crippen molar-refractivity contribution in [3.8, 4) is 16.8 Å². The standard InChI is InChI=1S/C17H13ClFN5O2/c18-12-7-10(3-6-13(12)19)9-1-4-11(5-2-9)24-8-14(22-17(21)26)15(23-24)16(20)25/h1-8H,(H2,20,25)(H3,21,22,26). The monoisotopic (exact) mass is 373 g/mol. The number of carbonyl (C=O) groups is 2. The van der Waals surface area contributed by atoms with Crippen molar-refractivity contribution in [3.63, 3.8) is 0 Å². The lowest BCUT2D eigenvalue weighted by Gasteiger charge is -2.05. The molecule has 5 N–H and O–H groups in total. The van der Waals surface area contributed by atoms with Gasteiger partial charge in [-0.1, -0.05) is 29.8 Å². The van der Waals surface area contributed by atoms with Gasteiger partial charge in [0.05, 0.1) is 22.6 Å². The normalized spacial score (nSPS) is 10.5. The van der Waals surface area contributed by atoms with Gasteiger partial charge in [-0.3, -0.25) is 4.79 Å².